The van der Waals surface area contributed by atoms with Gasteiger partial charge < -0.3 is 19.5 Å². The average Bonchev–Trinajstić information content (AvgIpc) is 3.53. The number of alkyl halides is 1. The van der Waals surface area contributed by atoms with Crippen LogP contribution in [0.25, 0.3) is 32.9 Å². The first kappa shape index (κ1) is 28.6. The van der Waals surface area contributed by atoms with Crippen molar-refractivity contribution < 1.29 is 27.8 Å². The largest absolute Gasteiger partial charge is 0.508 e. The maximum Gasteiger partial charge on any atom is 0.319 e. The van der Waals surface area contributed by atoms with Gasteiger partial charge in [0, 0.05) is 30.5 Å². The van der Waals surface area contributed by atoms with Gasteiger partial charge in [-0.1, -0.05) is 12.0 Å². The van der Waals surface area contributed by atoms with E-state index in [1.807, 2.05) is 4.90 Å². The Balaban J connectivity index is 1.34. The van der Waals surface area contributed by atoms with E-state index in [1.54, 1.807) is 0 Å². The molecule has 4 aliphatic heterocycles. The number of piperidine rings is 1. The molecule has 1 N–H and O–H groups in total. The van der Waals surface area contributed by atoms with Gasteiger partial charge >= 0.3 is 6.01 Å². The second kappa shape index (κ2) is 10.6. The van der Waals surface area contributed by atoms with Crippen molar-refractivity contribution in [3.8, 4) is 47.3 Å². The quantitative estimate of drug-likeness (QED) is 0.304. The van der Waals surface area contributed by atoms with Gasteiger partial charge in [0.15, 0.2) is 5.82 Å². The number of pyridine rings is 1. The highest BCUT2D eigenvalue weighted by Crippen LogP contribution is 2.45. The number of terminal acetylenes is 1. The summed E-state index contributed by atoms with van der Waals surface area (Å²) in [4.78, 5) is 17.9. The number of ether oxygens (including phenoxy) is 2. The third-order valence-electron chi connectivity index (χ3n) is 9.97. The lowest BCUT2D eigenvalue weighted by Crippen LogP contribution is -2.46. The predicted octanol–water partition coefficient (Wildman–Crippen LogP) is 5.27. The van der Waals surface area contributed by atoms with Gasteiger partial charge in [0.2, 0.25) is 5.88 Å². The maximum atomic E-state index is 16.9. The molecule has 6 heterocycles. The second-order valence-corrected chi connectivity index (χ2v) is 12.7. The Hall–Kier alpha value is -4.81. The zero-order valence-corrected chi connectivity index (χ0v) is 24.8. The van der Waals surface area contributed by atoms with Crippen LogP contribution in [0.1, 0.15) is 37.7 Å². The molecular formula is C34H29F3N6O3. The highest BCUT2D eigenvalue weighted by molar-refractivity contribution is 6.04. The summed E-state index contributed by atoms with van der Waals surface area (Å²) in [5, 5.41) is 21.2. The van der Waals surface area contributed by atoms with Gasteiger partial charge in [0.25, 0.3) is 0 Å². The molecule has 0 amide bonds. The number of hydrogen-bond acceptors (Lipinski definition) is 9. The molecule has 234 valence electrons. The Kier molecular flexibility index (Phi) is 6.62. The monoisotopic (exact) mass is 626 g/mol. The molecule has 0 aliphatic carbocycles. The maximum absolute atomic E-state index is 16.9. The van der Waals surface area contributed by atoms with Crippen LogP contribution in [0.2, 0.25) is 0 Å². The molecule has 0 saturated carbocycles. The van der Waals surface area contributed by atoms with E-state index in [4.69, 9.17) is 20.9 Å². The van der Waals surface area contributed by atoms with Crippen LogP contribution in [0.5, 0.6) is 17.6 Å². The lowest BCUT2D eigenvalue weighted by Gasteiger charge is -2.37. The van der Waals surface area contributed by atoms with Crippen LogP contribution in [-0.2, 0) is 0 Å². The van der Waals surface area contributed by atoms with E-state index in [9.17, 15) is 19.1 Å². The Bertz CT molecular complexity index is 2010. The minimum absolute atomic E-state index is 0.0580. The molecule has 46 heavy (non-hydrogen) atoms. The Labute approximate surface area is 262 Å². The molecule has 3 fully saturated rings. The fourth-order valence-electron chi connectivity index (χ4n) is 7.80. The molecule has 12 heteroatoms. The first-order valence-electron chi connectivity index (χ1n) is 15.4. The minimum Gasteiger partial charge on any atom is -0.508 e. The van der Waals surface area contributed by atoms with Crippen molar-refractivity contribution in [2.75, 3.05) is 37.7 Å². The van der Waals surface area contributed by atoms with Crippen molar-refractivity contribution >= 4 is 27.5 Å². The number of rotatable bonds is 4. The highest BCUT2D eigenvalue weighted by atomic mass is 19.1. The van der Waals surface area contributed by atoms with Crippen LogP contribution in [0.3, 0.4) is 0 Å². The molecule has 0 bridgehead atoms. The smallest absolute Gasteiger partial charge is 0.319 e. The lowest BCUT2D eigenvalue weighted by atomic mass is 9.94. The number of fused-ring (bicyclic) bond motifs is 4. The second-order valence-electron chi connectivity index (χ2n) is 12.7. The SMILES string of the molecule is C#Cc1c(F)ccc2cc(O)cc(-c3nc4c5c(nc(OC[C@@]67CCCN6C[C@H](F)C7)nc5c3F)N3CC(C#N)CC[C@H]3CO4)c12. The van der Waals surface area contributed by atoms with Crippen molar-refractivity contribution in [2.45, 2.75) is 49.9 Å². The highest BCUT2D eigenvalue weighted by Gasteiger charge is 2.49. The van der Waals surface area contributed by atoms with Crippen molar-refractivity contribution in [1.29, 1.82) is 5.26 Å². The fourth-order valence-corrected chi connectivity index (χ4v) is 7.80. The van der Waals surface area contributed by atoms with Gasteiger partial charge in [0.05, 0.1) is 29.1 Å². The Morgan fingerprint density at radius 1 is 1.15 bits per heavy atom. The molecular weight excluding hydrogens is 597 g/mol. The summed E-state index contributed by atoms with van der Waals surface area (Å²) in [6, 6.07) is 7.41. The van der Waals surface area contributed by atoms with Gasteiger partial charge in [-0.2, -0.15) is 15.2 Å². The number of hydrogen-bond donors (Lipinski definition) is 1. The minimum atomic E-state index is -0.955. The Morgan fingerprint density at radius 3 is 2.85 bits per heavy atom. The summed E-state index contributed by atoms with van der Waals surface area (Å²) >= 11 is 0. The topological polar surface area (TPSA) is 108 Å². The standard InChI is InChI=1S/C34H29F3N6O3/c1-2-23-25(36)7-5-19-10-22(44)11-24(26(19)23)29-28(37)30-27-31(43-14-18(13-38)4-6-21(43)16-45-32(27)39-29)41-33(40-30)46-17-34-8-3-9-42(34)15-20(35)12-34/h1,5,7,10-11,18,20-21,44H,3-4,6,8-9,12,14-17H2/t18?,20-,21+,34+/m1/s1. The number of aromatic hydroxyl groups is 1. The van der Waals surface area contributed by atoms with Crippen molar-refractivity contribution in [2.24, 2.45) is 5.92 Å². The summed E-state index contributed by atoms with van der Waals surface area (Å²) < 4.78 is 58.7. The summed E-state index contributed by atoms with van der Waals surface area (Å²) in [6.45, 7) is 1.80. The molecule has 3 saturated heterocycles. The van der Waals surface area contributed by atoms with Crippen LogP contribution >= 0.6 is 0 Å². The number of halogens is 3. The number of benzene rings is 2. The number of phenols is 1. The van der Waals surface area contributed by atoms with Crippen molar-refractivity contribution in [1.82, 2.24) is 19.9 Å². The van der Waals surface area contributed by atoms with Crippen LogP contribution in [0.4, 0.5) is 19.0 Å². The summed E-state index contributed by atoms with van der Waals surface area (Å²) in [7, 11) is 0. The van der Waals surface area contributed by atoms with E-state index in [0.29, 0.717) is 43.6 Å². The van der Waals surface area contributed by atoms with E-state index >= 15 is 4.39 Å². The van der Waals surface area contributed by atoms with E-state index in [2.05, 4.69) is 26.9 Å². The van der Waals surface area contributed by atoms with E-state index in [1.165, 1.54) is 24.3 Å². The molecule has 4 atom stereocenters. The molecule has 1 unspecified atom stereocenters. The summed E-state index contributed by atoms with van der Waals surface area (Å²) in [6.07, 6.45) is 8.07. The molecule has 9 nitrogen and oxygen atoms in total. The molecule has 2 aromatic carbocycles. The average molecular weight is 627 g/mol. The van der Waals surface area contributed by atoms with Crippen LogP contribution < -0.4 is 14.4 Å². The molecule has 4 aromatic rings. The number of nitrogens with zero attached hydrogens (tertiary/aromatic N) is 6. The van der Waals surface area contributed by atoms with E-state index in [-0.39, 0.29) is 75.9 Å². The third kappa shape index (κ3) is 4.38. The molecule has 2 aromatic heterocycles. The molecule has 0 spiro atoms. The molecule has 4 aliphatic rings. The zero-order valence-electron chi connectivity index (χ0n) is 24.8. The first-order valence-corrected chi connectivity index (χ1v) is 15.4. The van der Waals surface area contributed by atoms with Gasteiger partial charge in [0.1, 0.15) is 53.4 Å². The van der Waals surface area contributed by atoms with Gasteiger partial charge in [-0.25, -0.2) is 18.2 Å². The van der Waals surface area contributed by atoms with E-state index < -0.39 is 23.3 Å². The molecule has 0 radical (unpaired) electrons. The molecule has 8 rings (SSSR count). The summed E-state index contributed by atoms with van der Waals surface area (Å²) in [5.74, 6) is 0.735. The van der Waals surface area contributed by atoms with Gasteiger partial charge in [-0.05, 0) is 55.8 Å². The van der Waals surface area contributed by atoms with Gasteiger partial charge in [-0.3, -0.25) is 4.90 Å². The zero-order chi connectivity index (χ0) is 31.7. The van der Waals surface area contributed by atoms with Crippen LogP contribution in [0, 0.1) is 41.2 Å². The number of phenolic OH excluding ortho intramolecular Hbond substituents is 1. The fraction of sp³-hybridized carbons (Fsp3) is 0.412. The number of aromatic nitrogens is 3. The number of nitriles is 1. The van der Waals surface area contributed by atoms with E-state index in [0.717, 1.165) is 19.4 Å². The van der Waals surface area contributed by atoms with Crippen molar-refractivity contribution in [3.05, 3.63) is 41.5 Å². The Morgan fingerprint density at radius 2 is 2.02 bits per heavy atom. The first-order chi connectivity index (χ1) is 22.3. The van der Waals surface area contributed by atoms with Crippen molar-refractivity contribution in [3.63, 3.8) is 0 Å². The normalized spacial score (nSPS) is 25.4. The van der Waals surface area contributed by atoms with Crippen LogP contribution in [-0.4, -0.2) is 75.6 Å². The van der Waals surface area contributed by atoms with Gasteiger partial charge in [-0.15, -0.1) is 6.42 Å². The number of anilines is 1. The summed E-state index contributed by atoms with van der Waals surface area (Å²) in [5.41, 5.74) is -0.914. The lowest BCUT2D eigenvalue weighted by molar-refractivity contribution is 0.107. The van der Waals surface area contributed by atoms with Crippen LogP contribution in [0.15, 0.2) is 24.3 Å². The third-order valence-corrected chi connectivity index (χ3v) is 9.97. The predicted molar refractivity (Wildman–Crippen MR) is 163 cm³/mol.